The smallest absolute Gasteiger partial charge is 0.315 e. The average Bonchev–Trinajstić information content (AvgIpc) is 3.27. The standard InChI is InChI=1S/C21H37N5O3S/c22-12-6-2-8-14-24-18(27)10-3-1-7-13-23-19(28)11-5-4-9-17-20-16(15-30-17)25-21(29)26-20/h12,16-17,20,22H,1-11,13-15H2,(H,23,28)(H,24,27)(H2,25,26,29)/p+1/t16-,17?,20-/m0/s1. The lowest BCUT2D eigenvalue weighted by Gasteiger charge is -2.16. The van der Waals surface area contributed by atoms with Gasteiger partial charge in [-0.15, -0.1) is 0 Å². The summed E-state index contributed by atoms with van der Waals surface area (Å²) in [6, 6.07) is 0.461. The van der Waals surface area contributed by atoms with E-state index in [4.69, 9.17) is 5.41 Å². The van der Waals surface area contributed by atoms with Gasteiger partial charge in [0.1, 0.15) is 6.21 Å². The summed E-state index contributed by atoms with van der Waals surface area (Å²) in [5.41, 5.74) is 0. The third-order valence-electron chi connectivity index (χ3n) is 5.60. The van der Waals surface area contributed by atoms with Crippen LogP contribution in [0.3, 0.4) is 0 Å². The molecule has 0 aromatic rings. The zero-order chi connectivity index (χ0) is 21.6. The van der Waals surface area contributed by atoms with Gasteiger partial charge in [0.2, 0.25) is 11.8 Å². The fourth-order valence-electron chi connectivity index (χ4n) is 3.88. The monoisotopic (exact) mass is 440 g/mol. The van der Waals surface area contributed by atoms with E-state index in [9.17, 15) is 14.4 Å². The van der Waals surface area contributed by atoms with Crippen molar-refractivity contribution in [3.05, 3.63) is 0 Å². The summed E-state index contributed by atoms with van der Waals surface area (Å²) in [6.45, 7) is 1.39. The maximum absolute atomic E-state index is 11.9. The van der Waals surface area contributed by atoms with Crippen molar-refractivity contribution < 1.29 is 19.8 Å². The summed E-state index contributed by atoms with van der Waals surface area (Å²) in [4.78, 5) is 35.0. The highest BCUT2D eigenvalue weighted by Crippen LogP contribution is 2.33. The molecule has 170 valence electrons. The molecule has 2 rings (SSSR count). The van der Waals surface area contributed by atoms with E-state index >= 15 is 0 Å². The van der Waals surface area contributed by atoms with Crippen molar-refractivity contribution in [1.29, 1.82) is 0 Å². The van der Waals surface area contributed by atoms with E-state index in [0.717, 1.165) is 70.1 Å². The van der Waals surface area contributed by atoms with Crippen LogP contribution in [0, 0.1) is 0 Å². The largest absolute Gasteiger partial charge is 0.356 e. The molecule has 0 radical (unpaired) electrons. The zero-order valence-corrected chi connectivity index (χ0v) is 18.7. The fraction of sp³-hybridized carbons (Fsp3) is 0.810. The molecule has 9 heteroatoms. The molecule has 4 amide bonds. The van der Waals surface area contributed by atoms with Crippen molar-refractivity contribution in [3.8, 4) is 0 Å². The van der Waals surface area contributed by atoms with E-state index in [1.807, 2.05) is 11.8 Å². The molecule has 2 saturated heterocycles. The molecule has 30 heavy (non-hydrogen) atoms. The Balaban J connectivity index is 1.37. The summed E-state index contributed by atoms with van der Waals surface area (Å²) >= 11 is 1.91. The highest BCUT2D eigenvalue weighted by Gasteiger charge is 2.42. The second-order valence-corrected chi connectivity index (χ2v) is 9.38. The van der Waals surface area contributed by atoms with Crippen molar-refractivity contribution in [1.82, 2.24) is 21.3 Å². The van der Waals surface area contributed by atoms with E-state index in [1.54, 1.807) is 6.21 Å². The Labute approximate surface area is 184 Å². The predicted molar refractivity (Wildman–Crippen MR) is 120 cm³/mol. The van der Waals surface area contributed by atoms with E-state index < -0.39 is 0 Å². The fourth-order valence-corrected chi connectivity index (χ4v) is 5.42. The lowest BCUT2D eigenvalue weighted by atomic mass is 10.0. The minimum atomic E-state index is -0.0486. The summed E-state index contributed by atoms with van der Waals surface area (Å²) in [5.74, 6) is 1.19. The van der Waals surface area contributed by atoms with Gasteiger partial charge in [-0.3, -0.25) is 15.0 Å². The van der Waals surface area contributed by atoms with Gasteiger partial charge in [-0.2, -0.15) is 11.8 Å². The lowest BCUT2D eigenvalue weighted by Crippen LogP contribution is -2.36. The quantitative estimate of drug-likeness (QED) is 0.136. The first-order chi connectivity index (χ1) is 14.6. The van der Waals surface area contributed by atoms with Crippen molar-refractivity contribution in [2.45, 2.75) is 88.0 Å². The molecule has 2 heterocycles. The first-order valence-electron chi connectivity index (χ1n) is 11.4. The maximum Gasteiger partial charge on any atom is 0.315 e. The average molecular weight is 441 g/mol. The summed E-state index contributed by atoms with van der Waals surface area (Å²) in [5, 5.41) is 17.6. The highest BCUT2D eigenvalue weighted by atomic mass is 32.2. The Hall–Kier alpha value is -1.77. The molecule has 2 aliphatic rings. The topological polar surface area (TPSA) is 125 Å². The number of unbranched alkanes of at least 4 members (excludes halogenated alkanes) is 5. The van der Waals surface area contributed by atoms with Crippen molar-refractivity contribution >= 4 is 35.8 Å². The molecule has 6 N–H and O–H groups in total. The Morgan fingerprint density at radius 1 is 0.967 bits per heavy atom. The van der Waals surface area contributed by atoms with Crippen LogP contribution in [0.4, 0.5) is 4.79 Å². The molecule has 0 aromatic carbocycles. The first kappa shape index (κ1) is 24.5. The normalized spacial score (nSPS) is 22.1. The van der Waals surface area contributed by atoms with Crippen LogP contribution in [0.1, 0.15) is 70.6 Å². The zero-order valence-electron chi connectivity index (χ0n) is 17.9. The van der Waals surface area contributed by atoms with Crippen molar-refractivity contribution in [2.24, 2.45) is 0 Å². The van der Waals surface area contributed by atoms with Crippen molar-refractivity contribution in [2.75, 3.05) is 18.8 Å². The molecule has 0 aromatic heterocycles. The Bertz CT molecular complexity index is 575. The molecule has 0 spiro atoms. The van der Waals surface area contributed by atoms with Gasteiger partial charge in [0.25, 0.3) is 0 Å². The van der Waals surface area contributed by atoms with Crippen molar-refractivity contribution in [3.63, 3.8) is 0 Å². The van der Waals surface area contributed by atoms with Gasteiger partial charge < -0.3 is 21.3 Å². The van der Waals surface area contributed by atoms with E-state index in [0.29, 0.717) is 24.6 Å². The molecule has 0 aliphatic carbocycles. The Kier molecular flexibility index (Phi) is 11.7. The number of fused-ring (bicyclic) bond motifs is 1. The highest BCUT2D eigenvalue weighted by molar-refractivity contribution is 8.00. The van der Waals surface area contributed by atoms with Crippen LogP contribution in [-0.4, -0.2) is 60.2 Å². The third-order valence-corrected chi connectivity index (χ3v) is 7.11. The van der Waals surface area contributed by atoms with Gasteiger partial charge in [0.05, 0.1) is 12.1 Å². The number of carbonyl (C=O) groups is 3. The lowest BCUT2D eigenvalue weighted by molar-refractivity contribution is -0.122. The van der Waals surface area contributed by atoms with Gasteiger partial charge in [-0.25, -0.2) is 4.79 Å². The number of thioether (sulfide) groups is 1. The molecule has 0 bridgehead atoms. The minimum Gasteiger partial charge on any atom is -0.356 e. The molecule has 2 aliphatic heterocycles. The third kappa shape index (κ3) is 9.36. The SMILES string of the molecule is [NH2+]=CCCCCNC(=O)CCCCCNC(=O)CCCCC1SC[C@@H]2NC(=O)N[C@H]12. The van der Waals surface area contributed by atoms with Crippen LogP contribution >= 0.6 is 11.8 Å². The van der Waals surface area contributed by atoms with Gasteiger partial charge in [-0.05, 0) is 38.5 Å². The number of hydrogen-bond donors (Lipinski definition) is 5. The Morgan fingerprint density at radius 2 is 1.63 bits per heavy atom. The number of carbonyl (C=O) groups excluding carboxylic acids is 3. The number of hydrogen-bond acceptors (Lipinski definition) is 4. The van der Waals surface area contributed by atoms with E-state index in [-0.39, 0.29) is 29.9 Å². The number of amides is 4. The molecule has 0 saturated carbocycles. The number of nitrogens with two attached hydrogens (primary N) is 1. The summed E-state index contributed by atoms with van der Waals surface area (Å²) < 4.78 is 0. The second-order valence-electron chi connectivity index (χ2n) is 8.11. The molecular formula is C21H38N5O3S+. The van der Waals surface area contributed by atoms with E-state index in [1.165, 1.54) is 0 Å². The number of urea groups is 1. The second kappa shape index (κ2) is 14.3. The minimum absolute atomic E-state index is 0.0486. The Morgan fingerprint density at radius 3 is 2.33 bits per heavy atom. The van der Waals surface area contributed by atoms with Crippen LogP contribution in [0.5, 0.6) is 0 Å². The number of nitrogens with one attached hydrogen (secondary N) is 4. The van der Waals surface area contributed by atoms with Crippen LogP contribution in [0.15, 0.2) is 0 Å². The first-order valence-corrected chi connectivity index (χ1v) is 12.4. The van der Waals surface area contributed by atoms with Crippen LogP contribution < -0.4 is 26.7 Å². The van der Waals surface area contributed by atoms with Gasteiger partial charge >= 0.3 is 6.03 Å². The van der Waals surface area contributed by atoms with Gasteiger partial charge in [0.15, 0.2) is 0 Å². The predicted octanol–water partition coefficient (Wildman–Crippen LogP) is 0.505. The van der Waals surface area contributed by atoms with Crippen LogP contribution in [0.2, 0.25) is 0 Å². The molecule has 1 unspecified atom stereocenters. The molecule has 2 fully saturated rings. The molecule has 8 nitrogen and oxygen atoms in total. The summed E-state index contributed by atoms with van der Waals surface area (Å²) in [7, 11) is 0. The maximum atomic E-state index is 11.9. The van der Waals surface area contributed by atoms with Gasteiger partial charge in [0, 0.05) is 43.4 Å². The van der Waals surface area contributed by atoms with E-state index in [2.05, 4.69) is 21.3 Å². The van der Waals surface area contributed by atoms with Crippen LogP contribution in [-0.2, 0) is 9.59 Å². The molecule has 3 atom stereocenters. The van der Waals surface area contributed by atoms with Gasteiger partial charge in [-0.1, -0.05) is 12.8 Å². The van der Waals surface area contributed by atoms with Crippen LogP contribution in [0.25, 0.3) is 0 Å². The number of rotatable bonds is 16. The summed E-state index contributed by atoms with van der Waals surface area (Å²) in [6.07, 6.45) is 11.2. The molecular weight excluding hydrogens is 402 g/mol.